The first kappa shape index (κ1) is 14.9. The van der Waals surface area contributed by atoms with E-state index in [1.165, 1.54) is 12.8 Å². The van der Waals surface area contributed by atoms with Crippen LogP contribution in [0.3, 0.4) is 0 Å². The molecule has 21 heavy (non-hydrogen) atoms. The molecule has 1 fully saturated rings. The van der Waals surface area contributed by atoms with Gasteiger partial charge in [-0.05, 0) is 37.2 Å². The second kappa shape index (κ2) is 5.98. The molecule has 1 aromatic carbocycles. The van der Waals surface area contributed by atoms with Gasteiger partial charge in [-0.3, -0.25) is 0 Å². The average molecular weight is 289 g/mol. The minimum absolute atomic E-state index is 0.337. The van der Waals surface area contributed by atoms with Crippen molar-refractivity contribution in [2.24, 2.45) is 17.6 Å². The first-order chi connectivity index (χ1) is 10.2. The predicted octanol–water partition coefficient (Wildman–Crippen LogP) is 2.85. The molecule has 0 aromatic heterocycles. The highest BCUT2D eigenvalue weighted by atomic mass is 16.5. The number of para-hydroxylation sites is 1. The van der Waals surface area contributed by atoms with Crippen molar-refractivity contribution >= 4 is 0 Å². The van der Waals surface area contributed by atoms with E-state index in [1.54, 1.807) is 0 Å². The number of nitrogens with two attached hydrogens (primary N) is 1. The zero-order chi connectivity index (χ0) is 14.9. The smallest absolute Gasteiger partial charge is 0.123 e. The normalized spacial score (nSPS) is 33.9. The first-order valence-electron chi connectivity index (χ1n) is 8.28. The zero-order valence-electron chi connectivity index (χ0n) is 12.9. The van der Waals surface area contributed by atoms with E-state index in [4.69, 9.17) is 10.5 Å². The van der Waals surface area contributed by atoms with Crippen molar-refractivity contribution < 1.29 is 9.84 Å². The van der Waals surface area contributed by atoms with Crippen molar-refractivity contribution in [3.63, 3.8) is 0 Å². The standard InChI is InChI=1S/C18H27NO2/c1-13-5-4-6-14(11-13)17(20)18(12-19)9-10-21-16-8-3-2-7-15(16)18/h2-3,7-8,13-14,17,20H,4-6,9-12,19H2,1H3. The number of hydrogen-bond donors (Lipinski definition) is 2. The fraction of sp³-hybridized carbons (Fsp3) is 0.667. The average Bonchev–Trinajstić information content (AvgIpc) is 2.53. The molecular formula is C18H27NO2. The molecule has 0 spiro atoms. The molecule has 1 saturated carbocycles. The van der Waals surface area contributed by atoms with Gasteiger partial charge in [-0.15, -0.1) is 0 Å². The number of hydrogen-bond acceptors (Lipinski definition) is 3. The fourth-order valence-electron chi connectivity index (χ4n) is 4.34. The molecule has 0 radical (unpaired) electrons. The van der Waals surface area contributed by atoms with Gasteiger partial charge in [-0.2, -0.15) is 0 Å². The van der Waals surface area contributed by atoms with Crippen LogP contribution in [0, 0.1) is 11.8 Å². The molecule has 3 N–H and O–H groups in total. The molecule has 4 atom stereocenters. The number of ether oxygens (including phenoxy) is 1. The summed E-state index contributed by atoms with van der Waals surface area (Å²) in [5.41, 5.74) is 6.94. The lowest BCUT2D eigenvalue weighted by Gasteiger charge is -2.46. The Hall–Kier alpha value is -1.06. The van der Waals surface area contributed by atoms with Crippen LogP contribution in [0.5, 0.6) is 5.75 Å². The van der Waals surface area contributed by atoms with Crippen LogP contribution in [0.2, 0.25) is 0 Å². The van der Waals surface area contributed by atoms with Crippen molar-refractivity contribution in [1.29, 1.82) is 0 Å². The van der Waals surface area contributed by atoms with E-state index in [9.17, 15) is 5.11 Å². The SMILES string of the molecule is CC1CCCC(C(O)C2(CN)CCOc3ccccc32)C1. The zero-order valence-corrected chi connectivity index (χ0v) is 12.9. The van der Waals surface area contributed by atoms with Gasteiger partial charge in [-0.25, -0.2) is 0 Å². The summed E-state index contributed by atoms with van der Waals surface area (Å²) in [6, 6.07) is 8.08. The topological polar surface area (TPSA) is 55.5 Å². The molecule has 0 amide bonds. The first-order valence-corrected chi connectivity index (χ1v) is 8.28. The number of benzene rings is 1. The molecular weight excluding hydrogens is 262 g/mol. The summed E-state index contributed by atoms with van der Waals surface area (Å²) in [6.07, 6.45) is 5.20. The Morgan fingerprint density at radius 2 is 2.19 bits per heavy atom. The highest BCUT2D eigenvalue weighted by Crippen LogP contribution is 2.45. The Balaban J connectivity index is 1.93. The fourth-order valence-corrected chi connectivity index (χ4v) is 4.34. The predicted molar refractivity (Wildman–Crippen MR) is 84.4 cm³/mol. The van der Waals surface area contributed by atoms with Crippen LogP contribution in [0.1, 0.15) is 44.6 Å². The van der Waals surface area contributed by atoms with Crippen molar-refractivity contribution in [1.82, 2.24) is 0 Å². The summed E-state index contributed by atoms with van der Waals surface area (Å²) in [5, 5.41) is 11.2. The summed E-state index contributed by atoms with van der Waals surface area (Å²) in [5.74, 6) is 1.98. The van der Waals surface area contributed by atoms with Gasteiger partial charge in [0.1, 0.15) is 5.75 Å². The van der Waals surface area contributed by atoms with Gasteiger partial charge in [0.2, 0.25) is 0 Å². The second-order valence-electron chi connectivity index (χ2n) is 6.93. The van der Waals surface area contributed by atoms with Gasteiger partial charge in [0.05, 0.1) is 12.7 Å². The largest absolute Gasteiger partial charge is 0.493 e. The third-order valence-electron chi connectivity index (χ3n) is 5.58. The highest BCUT2D eigenvalue weighted by molar-refractivity contribution is 5.43. The second-order valence-corrected chi connectivity index (χ2v) is 6.93. The Morgan fingerprint density at radius 3 is 2.95 bits per heavy atom. The van der Waals surface area contributed by atoms with Gasteiger partial charge < -0.3 is 15.6 Å². The molecule has 116 valence electrons. The molecule has 0 bridgehead atoms. The maximum atomic E-state index is 11.2. The lowest BCUT2D eigenvalue weighted by molar-refractivity contribution is -0.00902. The van der Waals surface area contributed by atoms with E-state index in [0.717, 1.165) is 30.6 Å². The van der Waals surface area contributed by atoms with Crippen LogP contribution in [-0.4, -0.2) is 24.4 Å². The van der Waals surface area contributed by atoms with Crippen LogP contribution in [-0.2, 0) is 5.41 Å². The molecule has 4 unspecified atom stereocenters. The van der Waals surface area contributed by atoms with Gasteiger partial charge in [0, 0.05) is 17.5 Å². The minimum Gasteiger partial charge on any atom is -0.493 e. The molecule has 1 aliphatic heterocycles. The van der Waals surface area contributed by atoms with Gasteiger partial charge in [0.15, 0.2) is 0 Å². The summed E-state index contributed by atoms with van der Waals surface area (Å²) < 4.78 is 5.77. The Labute approximate surface area is 127 Å². The van der Waals surface area contributed by atoms with E-state index in [1.807, 2.05) is 18.2 Å². The number of aliphatic hydroxyl groups is 1. The highest BCUT2D eigenvalue weighted by Gasteiger charge is 2.46. The third-order valence-corrected chi connectivity index (χ3v) is 5.58. The van der Waals surface area contributed by atoms with Crippen molar-refractivity contribution in [3.8, 4) is 5.75 Å². The van der Waals surface area contributed by atoms with Crippen molar-refractivity contribution in [2.45, 2.75) is 50.5 Å². The Kier molecular flexibility index (Phi) is 4.23. The Bertz CT molecular complexity index is 490. The van der Waals surface area contributed by atoms with E-state index < -0.39 is 0 Å². The molecule has 0 saturated heterocycles. The summed E-state index contributed by atoms with van der Waals surface area (Å²) >= 11 is 0. The van der Waals surface area contributed by atoms with Gasteiger partial charge >= 0.3 is 0 Å². The molecule has 1 aromatic rings. The lowest BCUT2D eigenvalue weighted by atomic mass is 9.64. The van der Waals surface area contributed by atoms with E-state index in [2.05, 4.69) is 13.0 Å². The number of aliphatic hydroxyl groups excluding tert-OH is 1. The third kappa shape index (κ3) is 2.58. The lowest BCUT2D eigenvalue weighted by Crippen LogP contribution is -2.52. The molecule has 2 aliphatic rings. The van der Waals surface area contributed by atoms with Crippen molar-refractivity contribution in [3.05, 3.63) is 29.8 Å². The number of rotatable bonds is 3. The quantitative estimate of drug-likeness (QED) is 0.899. The monoisotopic (exact) mass is 289 g/mol. The van der Waals surface area contributed by atoms with Crippen LogP contribution < -0.4 is 10.5 Å². The van der Waals surface area contributed by atoms with Gasteiger partial charge in [-0.1, -0.05) is 38.0 Å². The Morgan fingerprint density at radius 1 is 1.38 bits per heavy atom. The van der Waals surface area contributed by atoms with E-state index in [-0.39, 0.29) is 11.5 Å². The van der Waals surface area contributed by atoms with Crippen molar-refractivity contribution in [2.75, 3.05) is 13.2 Å². The maximum Gasteiger partial charge on any atom is 0.123 e. The molecule has 3 nitrogen and oxygen atoms in total. The summed E-state index contributed by atoms with van der Waals surface area (Å²) in [4.78, 5) is 0. The van der Waals surface area contributed by atoms with Crippen LogP contribution >= 0.6 is 0 Å². The van der Waals surface area contributed by atoms with E-state index >= 15 is 0 Å². The van der Waals surface area contributed by atoms with Gasteiger partial charge in [0.25, 0.3) is 0 Å². The van der Waals surface area contributed by atoms with E-state index in [0.29, 0.717) is 25.0 Å². The minimum atomic E-state index is -0.365. The molecule has 3 rings (SSSR count). The number of fused-ring (bicyclic) bond motifs is 1. The van der Waals surface area contributed by atoms with Crippen LogP contribution in [0.4, 0.5) is 0 Å². The maximum absolute atomic E-state index is 11.2. The molecule has 1 aliphatic carbocycles. The van der Waals surface area contributed by atoms with Crippen LogP contribution in [0.15, 0.2) is 24.3 Å². The summed E-state index contributed by atoms with van der Waals surface area (Å²) in [7, 11) is 0. The molecule has 3 heteroatoms. The summed E-state index contributed by atoms with van der Waals surface area (Å²) in [6.45, 7) is 3.43. The molecule has 1 heterocycles. The van der Waals surface area contributed by atoms with Crippen LogP contribution in [0.25, 0.3) is 0 Å².